The van der Waals surface area contributed by atoms with Crippen molar-refractivity contribution < 1.29 is 4.79 Å². The Bertz CT molecular complexity index is 786. The lowest BCUT2D eigenvalue weighted by Crippen LogP contribution is -2.15. The molecular formula is C14H13N3O. The van der Waals surface area contributed by atoms with Crippen molar-refractivity contribution in [2.24, 2.45) is 5.73 Å². The van der Waals surface area contributed by atoms with Gasteiger partial charge in [-0.3, -0.25) is 9.20 Å². The third kappa shape index (κ3) is 1.32. The molecule has 90 valence electrons. The SMILES string of the molecule is Cc1cc(C)n2c(nc3ccccc32)c1C(N)=O. The fourth-order valence-electron chi connectivity index (χ4n) is 2.48. The lowest BCUT2D eigenvalue weighted by atomic mass is 10.1. The Labute approximate surface area is 104 Å². The van der Waals surface area contributed by atoms with E-state index in [1.165, 1.54) is 0 Å². The summed E-state index contributed by atoms with van der Waals surface area (Å²) >= 11 is 0. The molecule has 1 amide bonds. The zero-order valence-corrected chi connectivity index (χ0v) is 10.3. The summed E-state index contributed by atoms with van der Waals surface area (Å²) in [5.41, 5.74) is 10.4. The number of amides is 1. The number of benzene rings is 1. The number of para-hydroxylation sites is 2. The lowest BCUT2D eigenvalue weighted by Gasteiger charge is -2.08. The van der Waals surface area contributed by atoms with Gasteiger partial charge in [-0.15, -0.1) is 0 Å². The van der Waals surface area contributed by atoms with Gasteiger partial charge in [0.15, 0.2) is 5.65 Å². The van der Waals surface area contributed by atoms with E-state index in [1.807, 2.05) is 48.6 Å². The van der Waals surface area contributed by atoms with E-state index in [1.54, 1.807) is 0 Å². The summed E-state index contributed by atoms with van der Waals surface area (Å²) in [5.74, 6) is -0.437. The maximum Gasteiger partial charge on any atom is 0.252 e. The van der Waals surface area contributed by atoms with Gasteiger partial charge in [-0.2, -0.15) is 0 Å². The van der Waals surface area contributed by atoms with Crippen LogP contribution in [0.1, 0.15) is 21.6 Å². The predicted molar refractivity (Wildman–Crippen MR) is 70.7 cm³/mol. The molecular weight excluding hydrogens is 226 g/mol. The Kier molecular flexibility index (Phi) is 2.13. The molecule has 0 aliphatic heterocycles. The molecule has 0 aliphatic carbocycles. The number of hydrogen-bond donors (Lipinski definition) is 1. The first kappa shape index (κ1) is 10.8. The number of nitrogens with two attached hydrogens (primary N) is 1. The molecule has 3 aromatic rings. The van der Waals surface area contributed by atoms with Crippen LogP contribution in [0, 0.1) is 13.8 Å². The number of carbonyl (C=O) groups excluding carboxylic acids is 1. The molecule has 18 heavy (non-hydrogen) atoms. The Morgan fingerprint density at radius 3 is 2.72 bits per heavy atom. The van der Waals surface area contributed by atoms with Crippen molar-refractivity contribution in [2.45, 2.75) is 13.8 Å². The minimum absolute atomic E-state index is 0.437. The topological polar surface area (TPSA) is 60.4 Å². The average molecular weight is 239 g/mol. The number of hydrogen-bond acceptors (Lipinski definition) is 2. The molecule has 0 saturated carbocycles. The fraction of sp³-hybridized carbons (Fsp3) is 0.143. The molecule has 4 nitrogen and oxygen atoms in total. The molecule has 0 unspecified atom stereocenters. The van der Waals surface area contributed by atoms with Gasteiger partial charge in [0.05, 0.1) is 16.6 Å². The van der Waals surface area contributed by atoms with Crippen LogP contribution in [0.3, 0.4) is 0 Å². The second kappa shape index (κ2) is 3.57. The third-order valence-electron chi connectivity index (χ3n) is 3.20. The molecule has 3 rings (SSSR count). The Hall–Kier alpha value is -2.36. The van der Waals surface area contributed by atoms with Crippen molar-refractivity contribution in [3.63, 3.8) is 0 Å². The number of rotatable bonds is 1. The van der Waals surface area contributed by atoms with E-state index in [-0.39, 0.29) is 0 Å². The van der Waals surface area contributed by atoms with E-state index >= 15 is 0 Å². The van der Waals surface area contributed by atoms with Crippen LogP contribution in [0.2, 0.25) is 0 Å². The maximum absolute atomic E-state index is 11.6. The van der Waals surface area contributed by atoms with Crippen LogP contribution in [0.4, 0.5) is 0 Å². The van der Waals surface area contributed by atoms with Crippen LogP contribution in [0.25, 0.3) is 16.7 Å². The number of pyridine rings is 1. The zero-order chi connectivity index (χ0) is 12.9. The van der Waals surface area contributed by atoms with Crippen molar-refractivity contribution in [3.05, 3.63) is 47.2 Å². The first-order valence-corrected chi connectivity index (χ1v) is 5.77. The van der Waals surface area contributed by atoms with Gasteiger partial charge in [0.2, 0.25) is 0 Å². The van der Waals surface area contributed by atoms with E-state index in [9.17, 15) is 4.79 Å². The quantitative estimate of drug-likeness (QED) is 0.707. The highest BCUT2D eigenvalue weighted by atomic mass is 16.1. The minimum atomic E-state index is -0.437. The molecule has 4 heteroatoms. The van der Waals surface area contributed by atoms with Gasteiger partial charge in [-0.1, -0.05) is 12.1 Å². The van der Waals surface area contributed by atoms with E-state index in [0.29, 0.717) is 11.2 Å². The van der Waals surface area contributed by atoms with Crippen molar-refractivity contribution in [3.8, 4) is 0 Å². The molecule has 2 aromatic heterocycles. The molecule has 0 spiro atoms. The van der Waals surface area contributed by atoms with E-state index in [4.69, 9.17) is 5.73 Å². The second-order valence-electron chi connectivity index (χ2n) is 4.47. The lowest BCUT2D eigenvalue weighted by molar-refractivity contribution is 0.100. The minimum Gasteiger partial charge on any atom is -0.365 e. The van der Waals surface area contributed by atoms with Gasteiger partial charge in [0.25, 0.3) is 5.91 Å². The monoisotopic (exact) mass is 239 g/mol. The van der Waals surface area contributed by atoms with Gasteiger partial charge in [0, 0.05) is 5.69 Å². The summed E-state index contributed by atoms with van der Waals surface area (Å²) in [4.78, 5) is 16.1. The molecule has 0 saturated heterocycles. The summed E-state index contributed by atoms with van der Waals surface area (Å²) in [6.45, 7) is 3.88. The Morgan fingerprint density at radius 2 is 2.00 bits per heavy atom. The Balaban J connectivity index is 2.61. The van der Waals surface area contributed by atoms with E-state index < -0.39 is 5.91 Å². The van der Waals surface area contributed by atoms with Gasteiger partial charge in [0.1, 0.15) is 0 Å². The van der Waals surface area contributed by atoms with Gasteiger partial charge in [-0.05, 0) is 37.6 Å². The van der Waals surface area contributed by atoms with Crippen LogP contribution in [0.5, 0.6) is 0 Å². The molecule has 0 fully saturated rings. The highest BCUT2D eigenvalue weighted by Gasteiger charge is 2.16. The fourth-order valence-corrected chi connectivity index (χ4v) is 2.48. The van der Waals surface area contributed by atoms with Crippen LogP contribution in [-0.4, -0.2) is 15.3 Å². The number of carbonyl (C=O) groups is 1. The largest absolute Gasteiger partial charge is 0.365 e. The Morgan fingerprint density at radius 1 is 1.28 bits per heavy atom. The van der Waals surface area contributed by atoms with E-state index in [2.05, 4.69) is 4.98 Å². The molecule has 2 heterocycles. The number of primary amides is 1. The zero-order valence-electron chi connectivity index (χ0n) is 10.3. The second-order valence-corrected chi connectivity index (χ2v) is 4.47. The average Bonchev–Trinajstić information content (AvgIpc) is 2.66. The first-order chi connectivity index (χ1) is 8.59. The highest BCUT2D eigenvalue weighted by Crippen LogP contribution is 2.23. The number of aryl methyl sites for hydroxylation is 2. The number of imidazole rings is 1. The summed E-state index contributed by atoms with van der Waals surface area (Å²) in [6.07, 6.45) is 0. The predicted octanol–water partition coefficient (Wildman–Crippen LogP) is 2.20. The number of fused-ring (bicyclic) bond motifs is 3. The third-order valence-corrected chi connectivity index (χ3v) is 3.20. The molecule has 0 radical (unpaired) electrons. The van der Waals surface area contributed by atoms with Crippen molar-refractivity contribution >= 4 is 22.6 Å². The van der Waals surface area contributed by atoms with Gasteiger partial charge >= 0.3 is 0 Å². The molecule has 0 aliphatic rings. The smallest absolute Gasteiger partial charge is 0.252 e. The van der Waals surface area contributed by atoms with Crippen molar-refractivity contribution in [1.82, 2.24) is 9.38 Å². The van der Waals surface area contributed by atoms with Crippen LogP contribution in [-0.2, 0) is 0 Å². The first-order valence-electron chi connectivity index (χ1n) is 5.77. The van der Waals surface area contributed by atoms with Gasteiger partial charge in [-0.25, -0.2) is 4.98 Å². The number of nitrogens with zero attached hydrogens (tertiary/aromatic N) is 2. The van der Waals surface area contributed by atoms with Crippen LogP contribution >= 0.6 is 0 Å². The summed E-state index contributed by atoms with van der Waals surface area (Å²) in [5, 5.41) is 0. The molecule has 0 bridgehead atoms. The van der Waals surface area contributed by atoms with Crippen molar-refractivity contribution in [1.29, 1.82) is 0 Å². The summed E-state index contributed by atoms with van der Waals surface area (Å²) in [6, 6.07) is 9.77. The maximum atomic E-state index is 11.6. The summed E-state index contributed by atoms with van der Waals surface area (Å²) < 4.78 is 1.97. The van der Waals surface area contributed by atoms with Crippen molar-refractivity contribution in [2.75, 3.05) is 0 Å². The normalized spacial score (nSPS) is 11.2. The molecule has 1 aromatic carbocycles. The van der Waals surface area contributed by atoms with Crippen LogP contribution < -0.4 is 5.73 Å². The molecule has 0 atom stereocenters. The van der Waals surface area contributed by atoms with Crippen LogP contribution in [0.15, 0.2) is 30.3 Å². The van der Waals surface area contributed by atoms with Gasteiger partial charge < -0.3 is 5.73 Å². The number of aromatic nitrogens is 2. The highest BCUT2D eigenvalue weighted by molar-refractivity contribution is 6.02. The summed E-state index contributed by atoms with van der Waals surface area (Å²) in [7, 11) is 0. The standard InChI is InChI=1S/C14H13N3O/c1-8-7-9(2)17-11-6-4-3-5-10(11)16-14(17)12(8)13(15)18/h3-7H,1-2H3,(H2,15,18). The molecule has 2 N–H and O–H groups in total. The van der Waals surface area contributed by atoms with E-state index in [0.717, 1.165) is 22.3 Å².